The number of para-hydroxylation sites is 1. The number of benzene rings is 2. The molecule has 27 heavy (non-hydrogen) atoms. The van der Waals surface area contributed by atoms with Gasteiger partial charge in [-0.3, -0.25) is 4.79 Å². The molecule has 3 unspecified atom stereocenters. The maximum absolute atomic E-state index is 11.7. The van der Waals surface area contributed by atoms with E-state index in [4.69, 9.17) is 15.2 Å². The number of aliphatic carboxylic acids is 1. The van der Waals surface area contributed by atoms with E-state index in [0.29, 0.717) is 12.2 Å². The molecule has 0 bridgehead atoms. The summed E-state index contributed by atoms with van der Waals surface area (Å²) in [5, 5.41) is 20.0. The van der Waals surface area contributed by atoms with E-state index in [1.807, 2.05) is 42.5 Å². The van der Waals surface area contributed by atoms with E-state index < -0.39 is 24.0 Å². The normalized spacial score (nSPS) is 14.2. The Labute approximate surface area is 159 Å². The van der Waals surface area contributed by atoms with Crippen molar-refractivity contribution >= 4 is 5.97 Å². The SMILES string of the molecule is COc1ccc(CC(N)C(O)CC(Cc2ccccc2OC)C(=O)O)cc1. The van der Waals surface area contributed by atoms with Gasteiger partial charge in [0, 0.05) is 6.04 Å². The fourth-order valence-electron chi connectivity index (χ4n) is 3.04. The van der Waals surface area contributed by atoms with E-state index >= 15 is 0 Å². The second-order valence-corrected chi connectivity index (χ2v) is 6.57. The van der Waals surface area contributed by atoms with E-state index in [0.717, 1.165) is 16.9 Å². The number of carboxylic acid groups (broad SMARTS) is 1. The zero-order valence-electron chi connectivity index (χ0n) is 15.7. The Hall–Kier alpha value is -2.57. The first-order valence-electron chi connectivity index (χ1n) is 8.85. The first-order valence-corrected chi connectivity index (χ1v) is 8.85. The first kappa shape index (κ1) is 20.7. The monoisotopic (exact) mass is 373 g/mol. The molecule has 0 aliphatic rings. The van der Waals surface area contributed by atoms with Crippen LogP contribution >= 0.6 is 0 Å². The molecule has 0 saturated carbocycles. The number of aliphatic hydroxyl groups is 1. The highest BCUT2D eigenvalue weighted by Gasteiger charge is 2.26. The highest BCUT2D eigenvalue weighted by Crippen LogP contribution is 2.24. The summed E-state index contributed by atoms with van der Waals surface area (Å²) in [6.45, 7) is 0. The standard InChI is InChI=1S/C21H27NO5/c1-26-17-9-7-14(8-10-17)11-18(22)19(23)13-16(21(24)25)12-15-5-3-4-6-20(15)27-2/h3-10,16,18-19,23H,11-13,22H2,1-2H3,(H,24,25). The molecular weight excluding hydrogens is 346 g/mol. The van der Waals surface area contributed by atoms with Crippen LogP contribution in [0.4, 0.5) is 0 Å². The lowest BCUT2D eigenvalue weighted by Gasteiger charge is -2.23. The Morgan fingerprint density at radius 2 is 1.70 bits per heavy atom. The molecule has 2 rings (SSSR count). The molecule has 0 radical (unpaired) electrons. The van der Waals surface area contributed by atoms with E-state index in [1.165, 1.54) is 0 Å². The van der Waals surface area contributed by atoms with Gasteiger partial charge in [-0.15, -0.1) is 0 Å². The smallest absolute Gasteiger partial charge is 0.306 e. The van der Waals surface area contributed by atoms with Crippen LogP contribution in [0.5, 0.6) is 11.5 Å². The fourth-order valence-corrected chi connectivity index (χ4v) is 3.04. The topological polar surface area (TPSA) is 102 Å². The predicted molar refractivity (Wildman–Crippen MR) is 103 cm³/mol. The molecule has 0 aliphatic carbocycles. The highest BCUT2D eigenvalue weighted by molar-refractivity contribution is 5.70. The number of carbonyl (C=O) groups is 1. The lowest BCUT2D eigenvalue weighted by Crippen LogP contribution is -2.39. The van der Waals surface area contributed by atoms with Gasteiger partial charge < -0.3 is 25.4 Å². The summed E-state index contributed by atoms with van der Waals surface area (Å²) in [5.41, 5.74) is 7.87. The van der Waals surface area contributed by atoms with E-state index in [-0.39, 0.29) is 12.8 Å². The van der Waals surface area contributed by atoms with Crippen LogP contribution in [0.3, 0.4) is 0 Å². The minimum atomic E-state index is -0.961. The molecule has 146 valence electrons. The van der Waals surface area contributed by atoms with Crippen molar-refractivity contribution < 1.29 is 24.5 Å². The van der Waals surface area contributed by atoms with Gasteiger partial charge in [-0.05, 0) is 48.6 Å². The van der Waals surface area contributed by atoms with Crippen molar-refractivity contribution in [3.63, 3.8) is 0 Å². The average Bonchev–Trinajstić information content (AvgIpc) is 2.68. The van der Waals surface area contributed by atoms with Gasteiger partial charge in [0.05, 0.1) is 26.2 Å². The lowest BCUT2D eigenvalue weighted by molar-refractivity contribution is -0.142. The van der Waals surface area contributed by atoms with E-state index in [2.05, 4.69) is 0 Å². The van der Waals surface area contributed by atoms with Gasteiger partial charge in [0.15, 0.2) is 0 Å². The zero-order valence-corrected chi connectivity index (χ0v) is 15.7. The molecule has 0 saturated heterocycles. The van der Waals surface area contributed by atoms with Crippen molar-refractivity contribution in [1.82, 2.24) is 0 Å². The minimum Gasteiger partial charge on any atom is -0.497 e. The molecule has 0 heterocycles. The Bertz CT molecular complexity index is 732. The largest absolute Gasteiger partial charge is 0.497 e. The molecule has 0 fully saturated rings. The number of ether oxygens (including phenoxy) is 2. The number of carboxylic acids is 1. The Balaban J connectivity index is 2.00. The van der Waals surface area contributed by atoms with Crippen LogP contribution in [0.2, 0.25) is 0 Å². The molecule has 6 heteroatoms. The minimum absolute atomic E-state index is 0.0741. The molecular formula is C21H27NO5. The second-order valence-electron chi connectivity index (χ2n) is 6.57. The number of methoxy groups -OCH3 is 2. The summed E-state index contributed by atoms with van der Waals surface area (Å²) < 4.78 is 10.4. The van der Waals surface area contributed by atoms with Crippen molar-refractivity contribution in [1.29, 1.82) is 0 Å². The summed E-state index contributed by atoms with van der Waals surface area (Å²) in [7, 11) is 3.15. The summed E-state index contributed by atoms with van der Waals surface area (Å²) in [4.78, 5) is 11.7. The van der Waals surface area contributed by atoms with Crippen LogP contribution in [0.25, 0.3) is 0 Å². The summed E-state index contributed by atoms with van der Waals surface area (Å²) >= 11 is 0. The van der Waals surface area contributed by atoms with E-state index in [9.17, 15) is 15.0 Å². The number of hydrogen-bond donors (Lipinski definition) is 3. The van der Waals surface area contributed by atoms with Crippen molar-refractivity contribution in [2.24, 2.45) is 11.7 Å². The maximum Gasteiger partial charge on any atom is 0.306 e. The zero-order chi connectivity index (χ0) is 19.8. The van der Waals surface area contributed by atoms with Gasteiger partial charge in [-0.1, -0.05) is 30.3 Å². The lowest BCUT2D eigenvalue weighted by atomic mass is 9.89. The molecule has 2 aromatic rings. The third-order valence-electron chi connectivity index (χ3n) is 4.66. The molecule has 0 amide bonds. The van der Waals surface area contributed by atoms with Gasteiger partial charge in [-0.2, -0.15) is 0 Å². The van der Waals surface area contributed by atoms with Crippen LogP contribution in [0.15, 0.2) is 48.5 Å². The van der Waals surface area contributed by atoms with Crippen LogP contribution in [0.1, 0.15) is 17.5 Å². The highest BCUT2D eigenvalue weighted by atomic mass is 16.5. The molecule has 4 N–H and O–H groups in total. The van der Waals surface area contributed by atoms with Crippen LogP contribution in [0, 0.1) is 5.92 Å². The molecule has 6 nitrogen and oxygen atoms in total. The van der Waals surface area contributed by atoms with Crippen LogP contribution in [-0.2, 0) is 17.6 Å². The fraction of sp³-hybridized carbons (Fsp3) is 0.381. The number of rotatable bonds is 10. The van der Waals surface area contributed by atoms with Crippen LogP contribution < -0.4 is 15.2 Å². The van der Waals surface area contributed by atoms with Gasteiger partial charge in [-0.25, -0.2) is 0 Å². The summed E-state index contributed by atoms with van der Waals surface area (Å²) in [6, 6.07) is 14.2. The molecule has 0 aromatic heterocycles. The summed E-state index contributed by atoms with van der Waals surface area (Å²) in [5.74, 6) is -0.328. The molecule has 3 atom stereocenters. The summed E-state index contributed by atoms with van der Waals surface area (Å²) in [6.07, 6.45) is -0.134. The number of nitrogens with two attached hydrogens (primary N) is 1. The molecule has 0 aliphatic heterocycles. The van der Waals surface area contributed by atoms with Gasteiger partial charge in [0.2, 0.25) is 0 Å². The van der Waals surface area contributed by atoms with Crippen molar-refractivity contribution in [3.8, 4) is 11.5 Å². The predicted octanol–water partition coefficient (Wildman–Crippen LogP) is 2.27. The molecule has 0 spiro atoms. The van der Waals surface area contributed by atoms with Gasteiger partial charge in [0.25, 0.3) is 0 Å². The third-order valence-corrected chi connectivity index (χ3v) is 4.66. The Morgan fingerprint density at radius 3 is 2.30 bits per heavy atom. The van der Waals surface area contributed by atoms with Gasteiger partial charge >= 0.3 is 5.97 Å². The third kappa shape index (κ3) is 5.98. The average molecular weight is 373 g/mol. The number of hydrogen-bond acceptors (Lipinski definition) is 5. The maximum atomic E-state index is 11.7. The molecule has 2 aromatic carbocycles. The Morgan fingerprint density at radius 1 is 1.04 bits per heavy atom. The van der Waals surface area contributed by atoms with Crippen molar-refractivity contribution in [2.45, 2.75) is 31.4 Å². The van der Waals surface area contributed by atoms with Crippen molar-refractivity contribution in [2.75, 3.05) is 14.2 Å². The number of aliphatic hydroxyl groups excluding tert-OH is 1. The van der Waals surface area contributed by atoms with Gasteiger partial charge in [0.1, 0.15) is 11.5 Å². The van der Waals surface area contributed by atoms with E-state index in [1.54, 1.807) is 20.3 Å². The second kappa shape index (κ2) is 9.94. The quantitative estimate of drug-likeness (QED) is 0.590. The first-order chi connectivity index (χ1) is 12.9. The van der Waals surface area contributed by atoms with Crippen molar-refractivity contribution in [3.05, 3.63) is 59.7 Å². The Kier molecular flexibility index (Phi) is 7.64. The van der Waals surface area contributed by atoms with Crippen LogP contribution in [-0.4, -0.2) is 42.5 Å².